The van der Waals surface area contributed by atoms with Crippen molar-refractivity contribution in [2.45, 2.75) is 40.1 Å². The standard InChI is InChI=1S/C24H22ClF3N2O3S2/c25-18-9-11-20(12-10-18)34-22-7-3-1-5-17(22)15-30-14-13-19(16-30)29-35(31,32)23-8-4-2-6-21(23)33-24(26,27)28/h1-12,19,29H,13-16H2. The Morgan fingerprint density at radius 3 is 2.46 bits per heavy atom. The first-order valence-corrected chi connectivity index (χ1v) is 13.4. The zero-order valence-electron chi connectivity index (χ0n) is 18.3. The van der Waals surface area contributed by atoms with Gasteiger partial charge in [0.2, 0.25) is 10.0 Å². The molecule has 0 radical (unpaired) electrons. The number of likely N-dealkylation sites (tertiary alicyclic amines) is 1. The van der Waals surface area contributed by atoms with Gasteiger partial charge in [-0.25, -0.2) is 13.1 Å². The van der Waals surface area contributed by atoms with E-state index in [1.54, 1.807) is 11.8 Å². The van der Waals surface area contributed by atoms with Gasteiger partial charge < -0.3 is 4.74 Å². The highest BCUT2D eigenvalue weighted by Crippen LogP contribution is 2.33. The zero-order valence-corrected chi connectivity index (χ0v) is 20.7. The van der Waals surface area contributed by atoms with Gasteiger partial charge in [-0.3, -0.25) is 4.90 Å². The predicted molar refractivity (Wildman–Crippen MR) is 129 cm³/mol. The molecule has 1 aliphatic rings. The molecule has 5 nitrogen and oxygen atoms in total. The van der Waals surface area contributed by atoms with Crippen LogP contribution in [0.3, 0.4) is 0 Å². The van der Waals surface area contributed by atoms with Gasteiger partial charge in [0.1, 0.15) is 10.6 Å². The Morgan fingerprint density at radius 2 is 1.71 bits per heavy atom. The minimum atomic E-state index is -4.99. The first-order valence-electron chi connectivity index (χ1n) is 10.7. The first kappa shape index (κ1) is 25.8. The molecule has 0 bridgehead atoms. The third-order valence-corrected chi connectivity index (χ3v) is 8.30. The van der Waals surface area contributed by atoms with Crippen LogP contribution in [0, 0.1) is 0 Å². The van der Waals surface area contributed by atoms with Crippen molar-refractivity contribution < 1.29 is 26.3 Å². The SMILES string of the molecule is O=S(=O)(NC1CCN(Cc2ccccc2Sc2ccc(Cl)cc2)C1)c1ccccc1OC(F)(F)F. The molecule has 186 valence electrons. The average Bonchev–Trinajstić information content (AvgIpc) is 3.22. The average molecular weight is 543 g/mol. The second kappa shape index (κ2) is 10.8. The van der Waals surface area contributed by atoms with Crippen LogP contribution in [0.2, 0.25) is 5.02 Å². The highest BCUT2D eigenvalue weighted by Gasteiger charge is 2.35. The van der Waals surface area contributed by atoms with Crippen LogP contribution in [0.25, 0.3) is 0 Å². The maximum atomic E-state index is 12.9. The van der Waals surface area contributed by atoms with Crippen LogP contribution in [-0.4, -0.2) is 38.8 Å². The van der Waals surface area contributed by atoms with Crippen LogP contribution in [0.5, 0.6) is 5.75 Å². The predicted octanol–water partition coefficient (Wildman–Crippen LogP) is 5.94. The Bertz CT molecular complexity index is 1270. The summed E-state index contributed by atoms with van der Waals surface area (Å²) in [6, 6.07) is 19.8. The maximum absolute atomic E-state index is 12.9. The van der Waals surface area contributed by atoms with Crippen LogP contribution in [-0.2, 0) is 16.6 Å². The molecule has 1 aliphatic heterocycles. The number of hydrogen-bond acceptors (Lipinski definition) is 5. The number of nitrogens with one attached hydrogen (secondary N) is 1. The molecule has 1 heterocycles. The lowest BCUT2D eigenvalue weighted by Gasteiger charge is -2.19. The summed E-state index contributed by atoms with van der Waals surface area (Å²) in [5, 5.41) is 0.667. The molecule has 1 fully saturated rings. The molecule has 35 heavy (non-hydrogen) atoms. The summed E-state index contributed by atoms with van der Waals surface area (Å²) in [4.78, 5) is 3.71. The van der Waals surface area contributed by atoms with Gasteiger partial charge in [0.25, 0.3) is 0 Å². The molecular formula is C24H22ClF3N2O3S2. The lowest BCUT2D eigenvalue weighted by atomic mass is 10.2. The van der Waals surface area contributed by atoms with E-state index in [9.17, 15) is 21.6 Å². The lowest BCUT2D eigenvalue weighted by Crippen LogP contribution is -2.37. The van der Waals surface area contributed by atoms with Gasteiger partial charge in [0.15, 0.2) is 0 Å². The van der Waals surface area contributed by atoms with Crippen LogP contribution >= 0.6 is 23.4 Å². The van der Waals surface area contributed by atoms with Crippen molar-refractivity contribution in [3.63, 3.8) is 0 Å². The summed E-state index contributed by atoms with van der Waals surface area (Å²) >= 11 is 7.59. The van der Waals surface area contributed by atoms with E-state index < -0.39 is 33.1 Å². The fourth-order valence-electron chi connectivity index (χ4n) is 3.84. The summed E-state index contributed by atoms with van der Waals surface area (Å²) in [6.45, 7) is 1.69. The van der Waals surface area contributed by atoms with Gasteiger partial charge in [-0.15, -0.1) is 13.2 Å². The van der Waals surface area contributed by atoms with Gasteiger partial charge in [0.05, 0.1) is 0 Å². The monoisotopic (exact) mass is 542 g/mol. The number of rotatable bonds is 8. The second-order valence-electron chi connectivity index (χ2n) is 8.00. The fraction of sp³-hybridized carbons (Fsp3) is 0.250. The van der Waals surface area contributed by atoms with E-state index in [0.717, 1.165) is 27.5 Å². The molecule has 3 aromatic rings. The van der Waals surface area contributed by atoms with E-state index >= 15 is 0 Å². The third-order valence-electron chi connectivity index (χ3n) is 5.37. The Hall–Kier alpha value is -2.24. The number of para-hydroxylation sites is 1. The summed E-state index contributed by atoms with van der Waals surface area (Å²) < 4.78 is 70.3. The van der Waals surface area contributed by atoms with Crippen LogP contribution in [0.4, 0.5) is 13.2 Å². The molecular weight excluding hydrogens is 521 g/mol. The molecule has 11 heteroatoms. The number of hydrogen-bond donors (Lipinski definition) is 1. The van der Waals surface area contributed by atoms with Gasteiger partial charge in [0, 0.05) is 40.5 Å². The normalized spacial score (nSPS) is 17.0. The van der Waals surface area contributed by atoms with Crippen molar-refractivity contribution in [1.82, 2.24) is 9.62 Å². The van der Waals surface area contributed by atoms with E-state index in [1.165, 1.54) is 12.1 Å². The van der Waals surface area contributed by atoms with Crippen molar-refractivity contribution in [1.29, 1.82) is 0 Å². The molecule has 3 aromatic carbocycles. The maximum Gasteiger partial charge on any atom is 0.573 e. The molecule has 0 saturated carbocycles. The Kier molecular flexibility index (Phi) is 7.97. The third kappa shape index (κ3) is 7.14. The van der Waals surface area contributed by atoms with E-state index in [4.69, 9.17) is 11.6 Å². The zero-order chi connectivity index (χ0) is 25.1. The Morgan fingerprint density at radius 1 is 1.03 bits per heavy atom. The van der Waals surface area contributed by atoms with Gasteiger partial charge in [-0.1, -0.05) is 53.7 Å². The highest BCUT2D eigenvalue weighted by atomic mass is 35.5. The number of ether oxygens (including phenoxy) is 1. The molecule has 4 rings (SSSR count). The Balaban J connectivity index is 1.41. The quantitative estimate of drug-likeness (QED) is 0.381. The summed E-state index contributed by atoms with van der Waals surface area (Å²) in [7, 11) is -4.21. The minimum Gasteiger partial charge on any atom is -0.404 e. The van der Waals surface area contributed by atoms with E-state index in [2.05, 4.69) is 14.4 Å². The van der Waals surface area contributed by atoms with E-state index in [1.807, 2.05) is 48.5 Å². The fourth-order valence-corrected chi connectivity index (χ4v) is 6.29. The number of alkyl halides is 3. The molecule has 0 amide bonds. The molecule has 1 unspecified atom stereocenters. The lowest BCUT2D eigenvalue weighted by molar-refractivity contribution is -0.275. The van der Waals surface area contributed by atoms with E-state index in [-0.39, 0.29) is 0 Å². The molecule has 0 aliphatic carbocycles. The number of sulfonamides is 1. The topological polar surface area (TPSA) is 58.6 Å². The van der Waals surface area contributed by atoms with E-state index in [0.29, 0.717) is 31.1 Å². The number of halogens is 4. The highest BCUT2D eigenvalue weighted by molar-refractivity contribution is 7.99. The van der Waals surface area contributed by atoms with Crippen molar-refractivity contribution in [2.24, 2.45) is 0 Å². The molecule has 0 spiro atoms. The first-order chi connectivity index (χ1) is 16.6. The molecule has 1 N–H and O–H groups in total. The van der Waals surface area contributed by atoms with Crippen molar-refractivity contribution in [2.75, 3.05) is 13.1 Å². The summed E-state index contributed by atoms with van der Waals surface area (Å²) in [5.41, 5.74) is 1.10. The number of benzene rings is 3. The van der Waals surface area contributed by atoms with Crippen molar-refractivity contribution in [3.8, 4) is 5.75 Å². The summed E-state index contributed by atoms with van der Waals surface area (Å²) in [5.74, 6) is -0.754. The molecule has 0 aromatic heterocycles. The van der Waals surface area contributed by atoms with Crippen molar-refractivity contribution >= 4 is 33.4 Å². The van der Waals surface area contributed by atoms with Crippen LogP contribution < -0.4 is 9.46 Å². The minimum absolute atomic E-state index is 0.432. The second-order valence-corrected chi connectivity index (χ2v) is 11.2. The van der Waals surface area contributed by atoms with Crippen molar-refractivity contribution in [3.05, 3.63) is 83.4 Å². The summed E-state index contributed by atoms with van der Waals surface area (Å²) in [6.07, 6.45) is -4.46. The van der Waals surface area contributed by atoms with Gasteiger partial charge >= 0.3 is 6.36 Å². The van der Waals surface area contributed by atoms with Gasteiger partial charge in [-0.2, -0.15) is 0 Å². The largest absolute Gasteiger partial charge is 0.573 e. The Labute approximate surface area is 211 Å². The molecule has 1 atom stereocenters. The van der Waals surface area contributed by atoms with Crippen LogP contribution in [0.1, 0.15) is 12.0 Å². The smallest absolute Gasteiger partial charge is 0.404 e. The van der Waals surface area contributed by atoms with Gasteiger partial charge in [-0.05, 0) is 54.4 Å². The van der Waals surface area contributed by atoms with Crippen LogP contribution in [0.15, 0.2) is 87.5 Å². The molecule has 1 saturated heterocycles. The number of nitrogens with zero attached hydrogens (tertiary/aromatic N) is 1.